The zero-order valence-corrected chi connectivity index (χ0v) is 14.7. The maximum atomic E-state index is 12.5. The molecule has 0 atom stereocenters. The summed E-state index contributed by atoms with van der Waals surface area (Å²) in [5.74, 6) is -1.42. The smallest absolute Gasteiger partial charge is 0.323 e. The van der Waals surface area contributed by atoms with Gasteiger partial charge in [-0.1, -0.05) is 4.68 Å². The van der Waals surface area contributed by atoms with E-state index in [1.54, 1.807) is 24.3 Å². The minimum atomic E-state index is -1.07. The molecular weight excluding hydrogens is 344 g/mol. The zero-order valence-electron chi connectivity index (χ0n) is 14.7. The highest BCUT2D eigenvalue weighted by Crippen LogP contribution is 2.19. The molecule has 0 spiro atoms. The van der Waals surface area contributed by atoms with Gasteiger partial charge in [-0.25, -0.2) is 0 Å². The van der Waals surface area contributed by atoms with Crippen LogP contribution in [-0.4, -0.2) is 54.4 Å². The lowest BCUT2D eigenvalue weighted by Gasteiger charge is -2.25. The van der Waals surface area contributed by atoms with Gasteiger partial charge in [-0.15, -0.1) is 0 Å². The summed E-state index contributed by atoms with van der Waals surface area (Å²) in [4.78, 5) is 26.4. The van der Waals surface area contributed by atoms with Crippen molar-refractivity contribution in [1.29, 1.82) is 0 Å². The van der Waals surface area contributed by atoms with Gasteiger partial charge in [0.05, 0.1) is 18.9 Å². The number of aliphatic carboxylic acids is 1. The summed E-state index contributed by atoms with van der Waals surface area (Å²) < 4.78 is 10.8. The minimum absolute atomic E-state index is 0.00118. The van der Waals surface area contributed by atoms with E-state index < -0.39 is 11.9 Å². The van der Waals surface area contributed by atoms with Gasteiger partial charge < -0.3 is 29.3 Å². The van der Waals surface area contributed by atoms with Gasteiger partial charge in [0.15, 0.2) is 13.0 Å². The Kier molecular flexibility index (Phi) is 5.99. The normalized spacial score (nSPS) is 10.4. The largest absolute Gasteiger partial charge is 0.539 e. The number of aryl methyl sites for hydroxylation is 1. The molecule has 0 radical (unpaired) electrons. The second kappa shape index (κ2) is 8.19. The van der Waals surface area contributed by atoms with Crippen LogP contribution in [0.3, 0.4) is 0 Å². The van der Waals surface area contributed by atoms with E-state index in [1.807, 2.05) is 0 Å². The van der Waals surface area contributed by atoms with E-state index in [2.05, 4.69) is 9.79 Å². The van der Waals surface area contributed by atoms with Gasteiger partial charge in [-0.05, 0) is 24.3 Å². The standard InChI is InChI=1S/C16H20N4O6/c1-18(8-13-16(24)26-17-19(13)2)14(21)9-20(10-15(22)23)11-4-6-12(25-3)7-5-11/h4-7H,8-10H2,1-3H3,(H-,17,22,23,24). The van der Waals surface area contributed by atoms with Crippen LogP contribution in [-0.2, 0) is 23.2 Å². The highest BCUT2D eigenvalue weighted by molar-refractivity contribution is 5.84. The Balaban J connectivity index is 2.10. The molecule has 26 heavy (non-hydrogen) atoms. The molecule has 0 aliphatic rings. The molecule has 0 bridgehead atoms. The van der Waals surface area contributed by atoms with Gasteiger partial charge in [0.2, 0.25) is 5.91 Å². The van der Waals surface area contributed by atoms with E-state index >= 15 is 0 Å². The van der Waals surface area contributed by atoms with Crippen molar-refractivity contribution < 1.29 is 33.7 Å². The summed E-state index contributed by atoms with van der Waals surface area (Å²) in [5.41, 5.74) is 0.782. The Bertz CT molecular complexity index is 754. The number of hydrogen-bond acceptors (Lipinski definition) is 7. The predicted octanol–water partition coefficient (Wildman–Crippen LogP) is -0.869. The number of carbonyl (C=O) groups is 2. The first kappa shape index (κ1) is 19.0. The molecule has 0 saturated carbocycles. The van der Waals surface area contributed by atoms with E-state index in [-0.39, 0.29) is 31.2 Å². The van der Waals surface area contributed by atoms with Crippen molar-refractivity contribution in [3.8, 4) is 11.7 Å². The van der Waals surface area contributed by atoms with Crippen molar-refractivity contribution in [3.63, 3.8) is 0 Å². The molecule has 10 heteroatoms. The fourth-order valence-corrected chi connectivity index (χ4v) is 2.29. The number of anilines is 1. The van der Waals surface area contributed by atoms with Crippen molar-refractivity contribution in [1.82, 2.24) is 10.2 Å². The third kappa shape index (κ3) is 4.62. The molecule has 1 aromatic carbocycles. The summed E-state index contributed by atoms with van der Waals surface area (Å²) in [5, 5.41) is 24.2. The number of carboxylic acids is 1. The Morgan fingerprint density at radius 1 is 1.31 bits per heavy atom. The van der Waals surface area contributed by atoms with Crippen LogP contribution in [0.5, 0.6) is 11.7 Å². The van der Waals surface area contributed by atoms with Crippen LogP contribution in [0, 0.1) is 0 Å². The van der Waals surface area contributed by atoms with Crippen LogP contribution in [0.15, 0.2) is 28.8 Å². The van der Waals surface area contributed by atoms with Crippen molar-refractivity contribution in [2.75, 3.05) is 32.1 Å². The Morgan fingerprint density at radius 2 is 1.96 bits per heavy atom. The Morgan fingerprint density at radius 3 is 2.46 bits per heavy atom. The van der Waals surface area contributed by atoms with E-state index in [1.165, 1.54) is 35.7 Å². The third-order valence-electron chi connectivity index (χ3n) is 3.77. The molecule has 1 N–H and O–H groups in total. The molecular formula is C16H20N4O6. The number of hydrogen-bond donors (Lipinski definition) is 1. The van der Waals surface area contributed by atoms with Crippen molar-refractivity contribution in [2.24, 2.45) is 7.05 Å². The van der Waals surface area contributed by atoms with Gasteiger partial charge in [-0.3, -0.25) is 9.59 Å². The quantitative estimate of drug-likeness (QED) is 0.600. The minimum Gasteiger partial charge on any atom is -0.539 e. The molecule has 0 aliphatic heterocycles. The molecule has 2 aromatic rings. The fraction of sp³-hybridized carbons (Fsp3) is 0.375. The molecule has 2 rings (SSSR count). The number of aromatic nitrogens is 2. The first-order chi connectivity index (χ1) is 12.3. The molecule has 0 fully saturated rings. The average molecular weight is 364 g/mol. The lowest BCUT2D eigenvalue weighted by molar-refractivity contribution is -0.746. The van der Waals surface area contributed by atoms with Crippen molar-refractivity contribution >= 4 is 17.6 Å². The first-order valence-corrected chi connectivity index (χ1v) is 7.68. The van der Waals surface area contributed by atoms with E-state index in [0.717, 1.165) is 0 Å². The molecule has 1 heterocycles. The topological polar surface area (TPSA) is 123 Å². The molecule has 140 valence electrons. The molecule has 0 aliphatic carbocycles. The molecule has 10 nitrogen and oxygen atoms in total. The highest BCUT2D eigenvalue weighted by atomic mass is 16.6. The van der Waals surface area contributed by atoms with E-state index in [4.69, 9.17) is 9.84 Å². The summed E-state index contributed by atoms with van der Waals surface area (Å²) >= 11 is 0. The molecule has 1 amide bonds. The van der Waals surface area contributed by atoms with Gasteiger partial charge in [-0.2, -0.15) is 0 Å². The van der Waals surface area contributed by atoms with E-state index in [9.17, 15) is 14.7 Å². The monoisotopic (exact) mass is 364 g/mol. The van der Waals surface area contributed by atoms with Crippen LogP contribution < -0.4 is 19.4 Å². The van der Waals surface area contributed by atoms with Crippen molar-refractivity contribution in [3.05, 3.63) is 30.0 Å². The fourth-order valence-electron chi connectivity index (χ4n) is 2.29. The summed E-state index contributed by atoms with van der Waals surface area (Å²) in [6.45, 7) is -0.515. The van der Waals surface area contributed by atoms with Crippen molar-refractivity contribution in [2.45, 2.75) is 6.54 Å². The van der Waals surface area contributed by atoms with Crippen LogP contribution in [0.4, 0.5) is 5.69 Å². The van der Waals surface area contributed by atoms with Gasteiger partial charge in [0.1, 0.15) is 18.8 Å². The van der Waals surface area contributed by atoms with E-state index in [0.29, 0.717) is 11.4 Å². The predicted molar refractivity (Wildman–Crippen MR) is 86.4 cm³/mol. The highest BCUT2D eigenvalue weighted by Gasteiger charge is 2.22. The summed E-state index contributed by atoms with van der Waals surface area (Å²) in [6, 6.07) is 6.70. The number of benzene rings is 1. The maximum Gasteiger partial charge on any atom is 0.323 e. The maximum absolute atomic E-state index is 12.5. The molecule has 0 saturated heterocycles. The first-order valence-electron chi connectivity index (χ1n) is 7.68. The lowest BCUT2D eigenvalue weighted by atomic mass is 10.2. The SMILES string of the molecule is COc1ccc(N(CC(=O)O)CC(=O)N(C)Cc2c([O-])on[n+]2C)cc1. The summed E-state index contributed by atoms with van der Waals surface area (Å²) in [6.07, 6.45) is 0. The Labute approximate surface area is 149 Å². The second-order valence-electron chi connectivity index (χ2n) is 5.63. The molecule has 1 aromatic heterocycles. The molecule has 0 unspecified atom stereocenters. The number of nitrogens with zero attached hydrogens (tertiary/aromatic N) is 4. The number of carbonyl (C=O) groups excluding carboxylic acids is 1. The average Bonchev–Trinajstić information content (AvgIpc) is 2.92. The van der Waals surface area contributed by atoms with Crippen LogP contribution in [0.25, 0.3) is 0 Å². The third-order valence-corrected chi connectivity index (χ3v) is 3.77. The lowest BCUT2D eigenvalue weighted by Crippen LogP contribution is -2.43. The van der Waals surface area contributed by atoms with Gasteiger partial charge in [0, 0.05) is 12.7 Å². The summed E-state index contributed by atoms with van der Waals surface area (Å²) in [7, 11) is 4.58. The number of methoxy groups -OCH3 is 1. The van der Waals surface area contributed by atoms with Gasteiger partial charge >= 0.3 is 5.97 Å². The van der Waals surface area contributed by atoms with Gasteiger partial charge in [0.25, 0.3) is 5.69 Å². The zero-order chi connectivity index (χ0) is 19.3. The number of ether oxygens (including phenoxy) is 1. The van der Waals surface area contributed by atoms with Crippen LogP contribution >= 0.6 is 0 Å². The second-order valence-corrected chi connectivity index (χ2v) is 5.63. The Hall–Kier alpha value is -3.30. The number of rotatable bonds is 8. The number of likely N-dealkylation sites (N-methyl/N-ethyl adjacent to an activating group) is 1. The number of carboxylic acid groups (broad SMARTS) is 1. The number of amides is 1. The van der Waals surface area contributed by atoms with Crippen LogP contribution in [0.2, 0.25) is 0 Å². The van der Waals surface area contributed by atoms with Crippen LogP contribution in [0.1, 0.15) is 5.69 Å².